The normalized spacial score (nSPS) is 20.4. The van der Waals surface area contributed by atoms with Gasteiger partial charge in [0.1, 0.15) is 11.5 Å². The van der Waals surface area contributed by atoms with Crippen molar-refractivity contribution in [3.05, 3.63) is 33.9 Å². The van der Waals surface area contributed by atoms with E-state index in [1.807, 2.05) is 0 Å². The van der Waals surface area contributed by atoms with Crippen molar-refractivity contribution in [3.8, 4) is 0 Å². The van der Waals surface area contributed by atoms with Crippen molar-refractivity contribution in [2.24, 2.45) is 0 Å². The predicted molar refractivity (Wildman–Crippen MR) is 73.5 cm³/mol. The zero-order valence-corrected chi connectivity index (χ0v) is 11.4. The number of anilines is 1. The minimum Gasteiger partial charge on any atom is -0.363 e. The summed E-state index contributed by atoms with van der Waals surface area (Å²) in [6.45, 7) is 4.44. The molecular formula is C13H16F2N4O2. The van der Waals surface area contributed by atoms with Gasteiger partial charge in [0.2, 0.25) is 5.82 Å². The fraction of sp³-hybridized carbons (Fsp3) is 0.538. The van der Waals surface area contributed by atoms with Crippen LogP contribution >= 0.6 is 0 Å². The van der Waals surface area contributed by atoms with E-state index in [-0.39, 0.29) is 5.69 Å². The van der Waals surface area contributed by atoms with E-state index < -0.39 is 22.2 Å². The van der Waals surface area contributed by atoms with Crippen LogP contribution in [0, 0.1) is 21.7 Å². The van der Waals surface area contributed by atoms with Crippen LogP contribution in [0.2, 0.25) is 0 Å². The molecule has 0 atom stereocenters. The van der Waals surface area contributed by atoms with Crippen molar-refractivity contribution in [1.82, 2.24) is 10.2 Å². The van der Waals surface area contributed by atoms with Gasteiger partial charge in [-0.2, -0.15) is 4.39 Å². The Balaban J connectivity index is 1.79. The Morgan fingerprint density at radius 2 is 1.86 bits per heavy atom. The molecule has 1 aromatic rings. The number of nitro benzene ring substituents is 1. The molecule has 0 amide bonds. The van der Waals surface area contributed by atoms with Gasteiger partial charge in [-0.15, -0.1) is 0 Å². The first-order valence-corrected chi connectivity index (χ1v) is 6.89. The van der Waals surface area contributed by atoms with Gasteiger partial charge in [-0.25, -0.2) is 4.39 Å². The molecular weight excluding hydrogens is 282 g/mol. The summed E-state index contributed by atoms with van der Waals surface area (Å²) in [6, 6.07) is 2.10. The third-order valence-electron chi connectivity index (χ3n) is 4.12. The summed E-state index contributed by atoms with van der Waals surface area (Å²) in [6.07, 6.45) is 0. The SMILES string of the molecule is O=[N+]([O-])c1c(F)cc(F)cc1N1CCN(C2CNC2)CC1. The number of hydrogen-bond donors (Lipinski definition) is 1. The van der Waals surface area contributed by atoms with Gasteiger partial charge in [-0.1, -0.05) is 0 Å². The van der Waals surface area contributed by atoms with Gasteiger partial charge in [-0.05, 0) is 0 Å². The molecule has 2 aliphatic heterocycles. The number of rotatable bonds is 3. The zero-order valence-electron chi connectivity index (χ0n) is 11.4. The first-order valence-electron chi connectivity index (χ1n) is 6.89. The second-order valence-corrected chi connectivity index (χ2v) is 5.35. The quantitative estimate of drug-likeness (QED) is 0.665. The molecule has 2 aliphatic rings. The van der Waals surface area contributed by atoms with E-state index in [4.69, 9.17) is 0 Å². The van der Waals surface area contributed by atoms with Crippen LogP contribution in [0.4, 0.5) is 20.2 Å². The second-order valence-electron chi connectivity index (χ2n) is 5.35. The molecule has 0 spiro atoms. The molecule has 0 aromatic heterocycles. The van der Waals surface area contributed by atoms with E-state index >= 15 is 0 Å². The molecule has 6 nitrogen and oxygen atoms in total. The lowest BCUT2D eigenvalue weighted by Crippen LogP contribution is -2.61. The Morgan fingerprint density at radius 1 is 1.19 bits per heavy atom. The van der Waals surface area contributed by atoms with E-state index in [1.165, 1.54) is 0 Å². The highest BCUT2D eigenvalue weighted by atomic mass is 19.1. The summed E-state index contributed by atoms with van der Waals surface area (Å²) in [5.74, 6) is -1.92. The lowest BCUT2D eigenvalue weighted by molar-refractivity contribution is -0.386. The molecule has 8 heteroatoms. The van der Waals surface area contributed by atoms with Gasteiger partial charge in [0.15, 0.2) is 0 Å². The largest absolute Gasteiger partial charge is 0.363 e. The van der Waals surface area contributed by atoms with Crippen molar-refractivity contribution in [1.29, 1.82) is 0 Å². The molecule has 1 aromatic carbocycles. The Kier molecular flexibility index (Phi) is 3.73. The van der Waals surface area contributed by atoms with Crippen LogP contribution in [0.1, 0.15) is 0 Å². The molecule has 3 rings (SSSR count). The van der Waals surface area contributed by atoms with Crippen LogP contribution in [0.3, 0.4) is 0 Å². The number of halogens is 2. The minimum atomic E-state index is -1.12. The zero-order chi connectivity index (χ0) is 15.0. The van der Waals surface area contributed by atoms with Crippen LogP contribution in [-0.2, 0) is 0 Å². The van der Waals surface area contributed by atoms with E-state index in [0.717, 1.165) is 32.2 Å². The summed E-state index contributed by atoms with van der Waals surface area (Å²) in [4.78, 5) is 14.2. The molecule has 2 saturated heterocycles. The van der Waals surface area contributed by atoms with Crippen molar-refractivity contribution in [2.45, 2.75) is 6.04 Å². The van der Waals surface area contributed by atoms with Gasteiger partial charge in [0, 0.05) is 57.4 Å². The average Bonchev–Trinajstić information content (AvgIpc) is 2.36. The Bertz CT molecular complexity index is 557. The van der Waals surface area contributed by atoms with Gasteiger partial charge in [0.25, 0.3) is 0 Å². The highest BCUT2D eigenvalue weighted by Gasteiger charge is 2.31. The van der Waals surface area contributed by atoms with Crippen molar-refractivity contribution >= 4 is 11.4 Å². The highest BCUT2D eigenvalue weighted by Crippen LogP contribution is 2.32. The maximum Gasteiger partial charge on any atom is 0.328 e. The van der Waals surface area contributed by atoms with Crippen molar-refractivity contribution in [2.75, 3.05) is 44.2 Å². The van der Waals surface area contributed by atoms with E-state index in [0.29, 0.717) is 25.2 Å². The van der Waals surface area contributed by atoms with Crippen LogP contribution < -0.4 is 10.2 Å². The molecule has 0 saturated carbocycles. The third kappa shape index (κ3) is 2.68. The number of nitrogens with one attached hydrogen (secondary N) is 1. The lowest BCUT2D eigenvalue weighted by atomic mass is 10.1. The average molecular weight is 298 g/mol. The Labute approximate surface area is 120 Å². The molecule has 0 unspecified atom stereocenters. The van der Waals surface area contributed by atoms with Crippen LogP contribution in [0.5, 0.6) is 0 Å². The van der Waals surface area contributed by atoms with Crippen LogP contribution in [0.25, 0.3) is 0 Å². The number of hydrogen-bond acceptors (Lipinski definition) is 5. The smallest absolute Gasteiger partial charge is 0.328 e. The van der Waals surface area contributed by atoms with E-state index in [2.05, 4.69) is 10.2 Å². The van der Waals surface area contributed by atoms with Crippen molar-refractivity contribution < 1.29 is 13.7 Å². The maximum atomic E-state index is 13.7. The summed E-state index contributed by atoms with van der Waals surface area (Å²) in [5.41, 5.74) is -0.612. The number of nitrogens with zero attached hydrogens (tertiary/aromatic N) is 3. The monoisotopic (exact) mass is 298 g/mol. The lowest BCUT2D eigenvalue weighted by Gasteiger charge is -2.43. The molecule has 2 fully saturated rings. The third-order valence-corrected chi connectivity index (χ3v) is 4.12. The summed E-state index contributed by atoms with van der Waals surface area (Å²) in [7, 11) is 0. The second kappa shape index (κ2) is 5.53. The summed E-state index contributed by atoms with van der Waals surface area (Å²) >= 11 is 0. The maximum absolute atomic E-state index is 13.7. The summed E-state index contributed by atoms with van der Waals surface area (Å²) in [5, 5.41) is 14.2. The van der Waals surface area contributed by atoms with Gasteiger partial charge in [-0.3, -0.25) is 15.0 Å². The molecule has 0 bridgehead atoms. The fourth-order valence-corrected chi connectivity index (χ4v) is 2.83. The van der Waals surface area contributed by atoms with Crippen LogP contribution in [-0.4, -0.2) is 55.1 Å². The molecule has 0 aliphatic carbocycles. The van der Waals surface area contributed by atoms with Crippen LogP contribution in [0.15, 0.2) is 12.1 Å². The molecule has 114 valence electrons. The highest BCUT2D eigenvalue weighted by molar-refractivity contribution is 5.64. The molecule has 0 radical (unpaired) electrons. The van der Waals surface area contributed by atoms with Crippen molar-refractivity contribution in [3.63, 3.8) is 0 Å². The molecule has 21 heavy (non-hydrogen) atoms. The van der Waals surface area contributed by atoms with Gasteiger partial charge in [0.05, 0.1) is 4.92 Å². The van der Waals surface area contributed by atoms with E-state index in [1.54, 1.807) is 4.90 Å². The molecule has 1 N–H and O–H groups in total. The van der Waals surface area contributed by atoms with Gasteiger partial charge < -0.3 is 10.2 Å². The molecule has 2 heterocycles. The fourth-order valence-electron chi connectivity index (χ4n) is 2.83. The number of piperazine rings is 1. The predicted octanol–water partition coefficient (Wildman–Crippen LogP) is 0.967. The first kappa shape index (κ1) is 14.2. The number of benzene rings is 1. The first-order chi connectivity index (χ1) is 10.1. The summed E-state index contributed by atoms with van der Waals surface area (Å²) < 4.78 is 27.0. The topological polar surface area (TPSA) is 61.7 Å². The Hall–Kier alpha value is -1.80. The standard InChI is InChI=1S/C13H16F2N4O2/c14-9-5-11(15)13(19(20)21)12(6-9)18-3-1-17(2-4-18)10-7-16-8-10/h5-6,10,16H,1-4,7-8H2. The number of nitro groups is 1. The van der Waals surface area contributed by atoms with E-state index in [9.17, 15) is 18.9 Å². The van der Waals surface area contributed by atoms with Gasteiger partial charge >= 0.3 is 5.69 Å². The Morgan fingerprint density at radius 3 is 2.38 bits per heavy atom. The minimum absolute atomic E-state index is 0.0314.